The lowest BCUT2D eigenvalue weighted by Crippen LogP contribution is -2.27. The summed E-state index contributed by atoms with van der Waals surface area (Å²) in [5.41, 5.74) is -3.87. The predicted octanol–water partition coefficient (Wildman–Crippen LogP) is 4.67. The maximum Gasteiger partial charge on any atom is 0.534 e. The molecule has 9 heteroatoms. The van der Waals surface area contributed by atoms with E-state index in [1.807, 2.05) is 13.8 Å². The predicted molar refractivity (Wildman–Crippen MR) is 108 cm³/mol. The molecule has 0 atom stereocenters. The van der Waals surface area contributed by atoms with Crippen LogP contribution >= 0.6 is 0 Å². The third-order valence-corrected chi connectivity index (χ3v) is 5.74. The van der Waals surface area contributed by atoms with Crippen molar-refractivity contribution in [1.82, 2.24) is 0 Å². The Kier molecular flexibility index (Phi) is 5.63. The number of carbonyl (C=O) groups is 1. The smallest absolute Gasteiger partial charge is 0.478 e. The second-order valence-electron chi connectivity index (χ2n) is 7.53. The second kappa shape index (κ2) is 7.78. The summed E-state index contributed by atoms with van der Waals surface area (Å²) < 4.78 is 65.4. The van der Waals surface area contributed by atoms with Crippen LogP contribution in [-0.2, 0) is 19.7 Å². The summed E-state index contributed by atoms with van der Waals surface area (Å²) in [5.74, 6) is 4.41. The fraction of sp³-hybridized carbons (Fsp3) is 0.227. The first kappa shape index (κ1) is 22.4. The van der Waals surface area contributed by atoms with Crippen LogP contribution in [0.1, 0.15) is 52.9 Å². The Labute approximate surface area is 177 Å². The third kappa shape index (κ3) is 4.75. The molecule has 0 unspecified atom stereocenters. The number of hydrogen-bond acceptors (Lipinski definition) is 4. The van der Waals surface area contributed by atoms with E-state index in [2.05, 4.69) is 16.0 Å². The van der Waals surface area contributed by atoms with Crippen LogP contribution < -0.4 is 0 Å². The van der Waals surface area contributed by atoms with E-state index in [0.29, 0.717) is 16.7 Å². The highest BCUT2D eigenvalue weighted by atomic mass is 32.2. The molecule has 162 valence electrons. The molecule has 0 amide bonds. The highest BCUT2D eigenvalue weighted by Gasteiger charge is 2.49. The molecule has 0 aromatic heterocycles. The van der Waals surface area contributed by atoms with Crippen LogP contribution in [0.3, 0.4) is 0 Å². The van der Waals surface area contributed by atoms with Gasteiger partial charge in [-0.15, -0.1) is 0 Å². The second-order valence-corrected chi connectivity index (χ2v) is 9.07. The number of carboxylic acids is 1. The largest absolute Gasteiger partial charge is 0.534 e. The third-order valence-electron chi connectivity index (χ3n) is 4.78. The molecular formula is C22H17F3O5S. The number of fused-ring (bicyclic) bond motifs is 1. The van der Waals surface area contributed by atoms with Gasteiger partial charge in [0.2, 0.25) is 0 Å². The van der Waals surface area contributed by atoms with Crippen LogP contribution in [0.15, 0.2) is 48.5 Å². The summed E-state index contributed by atoms with van der Waals surface area (Å²) in [6.45, 7) is 3.75. The lowest BCUT2D eigenvalue weighted by atomic mass is 9.75. The number of halogens is 3. The summed E-state index contributed by atoms with van der Waals surface area (Å²) in [6.07, 6.45) is 1.61. The zero-order chi connectivity index (χ0) is 23.0. The van der Waals surface area contributed by atoms with Crippen LogP contribution in [0, 0.1) is 11.8 Å². The molecule has 0 heterocycles. The Morgan fingerprint density at radius 3 is 2.23 bits per heavy atom. The van der Waals surface area contributed by atoms with Crippen LogP contribution in [-0.4, -0.2) is 25.0 Å². The van der Waals surface area contributed by atoms with Crippen LogP contribution in [0.2, 0.25) is 0 Å². The zero-order valence-corrected chi connectivity index (χ0v) is 17.3. The zero-order valence-electron chi connectivity index (χ0n) is 16.4. The fourth-order valence-electron chi connectivity index (χ4n) is 3.05. The molecule has 3 rings (SSSR count). The minimum Gasteiger partial charge on any atom is -0.478 e. The summed E-state index contributed by atoms with van der Waals surface area (Å²) in [5, 5.41) is 8.93. The van der Waals surface area contributed by atoms with Gasteiger partial charge < -0.3 is 9.29 Å². The minimum atomic E-state index is -5.78. The van der Waals surface area contributed by atoms with E-state index in [0.717, 1.165) is 0 Å². The summed E-state index contributed by atoms with van der Waals surface area (Å²) in [6, 6.07) is 10.7. The number of benzene rings is 2. The molecule has 0 aliphatic heterocycles. The van der Waals surface area contributed by atoms with Gasteiger partial charge in [-0.05, 0) is 65.9 Å². The average molecular weight is 450 g/mol. The van der Waals surface area contributed by atoms with Gasteiger partial charge in [0.1, 0.15) is 5.76 Å². The minimum absolute atomic E-state index is 0.134. The van der Waals surface area contributed by atoms with Crippen molar-refractivity contribution >= 4 is 21.8 Å². The van der Waals surface area contributed by atoms with E-state index in [1.54, 1.807) is 24.3 Å². The number of alkyl halides is 3. The normalized spacial score (nSPS) is 15.2. The van der Waals surface area contributed by atoms with E-state index in [4.69, 9.17) is 5.11 Å². The van der Waals surface area contributed by atoms with Gasteiger partial charge >= 0.3 is 21.6 Å². The van der Waals surface area contributed by atoms with Gasteiger partial charge in [-0.25, -0.2) is 4.79 Å². The number of allylic oxidation sites excluding steroid dienone is 1. The first-order valence-corrected chi connectivity index (χ1v) is 10.4. The number of hydrogen-bond donors (Lipinski definition) is 1. The molecule has 1 aliphatic carbocycles. The van der Waals surface area contributed by atoms with Crippen LogP contribution in [0.4, 0.5) is 13.2 Å². The Balaban J connectivity index is 1.95. The summed E-state index contributed by atoms with van der Waals surface area (Å²) >= 11 is 0. The first-order chi connectivity index (χ1) is 14.3. The van der Waals surface area contributed by atoms with Crippen molar-refractivity contribution in [3.05, 3.63) is 76.4 Å². The summed E-state index contributed by atoms with van der Waals surface area (Å²) in [7, 11) is -5.78. The van der Waals surface area contributed by atoms with Crippen molar-refractivity contribution in [3.8, 4) is 11.8 Å². The maximum atomic E-state index is 12.7. The van der Waals surface area contributed by atoms with Gasteiger partial charge in [0.15, 0.2) is 0 Å². The quantitative estimate of drug-likeness (QED) is 0.418. The van der Waals surface area contributed by atoms with Gasteiger partial charge in [-0.2, -0.15) is 21.6 Å². The van der Waals surface area contributed by atoms with Gasteiger partial charge in [0.25, 0.3) is 0 Å². The van der Waals surface area contributed by atoms with Crippen LogP contribution in [0.5, 0.6) is 0 Å². The van der Waals surface area contributed by atoms with Gasteiger partial charge in [0.05, 0.1) is 5.56 Å². The number of aromatic carboxylic acids is 1. The lowest BCUT2D eigenvalue weighted by Gasteiger charge is -2.31. The molecular weight excluding hydrogens is 433 g/mol. The molecule has 0 radical (unpaired) electrons. The molecule has 0 spiro atoms. The van der Waals surface area contributed by atoms with Gasteiger partial charge in [-0.1, -0.05) is 25.7 Å². The van der Waals surface area contributed by atoms with E-state index in [9.17, 15) is 26.4 Å². The topological polar surface area (TPSA) is 80.7 Å². The van der Waals surface area contributed by atoms with Crippen molar-refractivity contribution in [3.63, 3.8) is 0 Å². The molecule has 0 bridgehead atoms. The van der Waals surface area contributed by atoms with Crippen molar-refractivity contribution in [1.29, 1.82) is 0 Å². The Morgan fingerprint density at radius 1 is 1.06 bits per heavy atom. The van der Waals surface area contributed by atoms with Gasteiger partial charge in [0, 0.05) is 16.7 Å². The molecule has 1 N–H and O–H groups in total. The van der Waals surface area contributed by atoms with Crippen molar-refractivity contribution in [2.24, 2.45) is 0 Å². The molecule has 5 nitrogen and oxygen atoms in total. The Morgan fingerprint density at radius 2 is 1.65 bits per heavy atom. The number of carboxylic acid groups (broad SMARTS) is 1. The SMILES string of the molecule is CC1(C)CC=C(OS(=O)(=O)C(F)(F)F)c2ccc(C#Cc3ccc(C(=O)O)cc3)cc21. The Bertz CT molecular complexity index is 1230. The molecule has 31 heavy (non-hydrogen) atoms. The van der Waals surface area contributed by atoms with Crippen molar-refractivity contribution in [2.75, 3.05) is 0 Å². The van der Waals surface area contributed by atoms with E-state index >= 15 is 0 Å². The molecule has 1 aliphatic rings. The fourth-order valence-corrected chi connectivity index (χ4v) is 3.54. The highest BCUT2D eigenvalue weighted by Crippen LogP contribution is 2.41. The average Bonchev–Trinajstić information content (AvgIpc) is 2.68. The van der Waals surface area contributed by atoms with Gasteiger partial charge in [-0.3, -0.25) is 0 Å². The molecule has 0 fully saturated rings. The molecule has 2 aromatic rings. The molecule has 2 aromatic carbocycles. The molecule has 0 saturated carbocycles. The lowest BCUT2D eigenvalue weighted by molar-refractivity contribution is -0.0509. The van der Waals surface area contributed by atoms with E-state index in [-0.39, 0.29) is 23.3 Å². The number of rotatable bonds is 3. The summed E-state index contributed by atoms with van der Waals surface area (Å²) in [4.78, 5) is 10.9. The van der Waals surface area contributed by atoms with Crippen molar-refractivity contribution < 1.29 is 35.7 Å². The van der Waals surface area contributed by atoms with E-state index in [1.165, 1.54) is 24.3 Å². The van der Waals surface area contributed by atoms with E-state index < -0.39 is 27.0 Å². The monoisotopic (exact) mass is 450 g/mol. The standard InChI is InChI=1S/C22H17F3O5S/c1-21(2)12-11-19(30-31(28,29)22(23,24)25)17-10-7-15(13-18(17)21)4-3-14-5-8-16(9-6-14)20(26)27/h5-11,13H,12H2,1-2H3,(H,26,27). The first-order valence-electron chi connectivity index (χ1n) is 9.01. The Hall–Kier alpha value is -3.25. The van der Waals surface area contributed by atoms with Crippen molar-refractivity contribution in [2.45, 2.75) is 31.2 Å². The molecule has 0 saturated heterocycles. The maximum absolute atomic E-state index is 12.7. The van der Waals surface area contributed by atoms with Crippen LogP contribution in [0.25, 0.3) is 5.76 Å². The highest BCUT2D eigenvalue weighted by molar-refractivity contribution is 7.87.